The molecule has 0 N–H and O–H groups in total. The molecule has 12 heavy (non-hydrogen) atoms. The molecule has 0 aromatic rings. The number of hydrogen-bond acceptors (Lipinski definition) is 1. The van der Waals surface area contributed by atoms with Gasteiger partial charge in [0.25, 0.3) is 0 Å². The summed E-state index contributed by atoms with van der Waals surface area (Å²) in [5, 5.41) is 0. The monoisotopic (exact) mass is 169 g/mol. The predicted octanol–water partition coefficient (Wildman–Crippen LogP) is 3.34. The van der Waals surface area contributed by atoms with Crippen LogP contribution in [0.2, 0.25) is 0 Å². The molecule has 1 saturated carbocycles. The van der Waals surface area contributed by atoms with E-state index < -0.39 is 0 Å². The van der Waals surface area contributed by atoms with E-state index in [1.54, 1.807) is 5.92 Å². The van der Waals surface area contributed by atoms with Gasteiger partial charge in [-0.2, -0.15) is 0 Å². The summed E-state index contributed by atoms with van der Waals surface area (Å²) in [7, 11) is 0. The Hall–Kier alpha value is -0.0400. The van der Waals surface area contributed by atoms with Crippen molar-refractivity contribution in [2.45, 2.75) is 51.9 Å². The van der Waals surface area contributed by atoms with E-state index in [1.807, 2.05) is 0 Å². The number of rotatable bonds is 5. The van der Waals surface area contributed by atoms with E-state index in [-0.39, 0.29) is 0 Å². The van der Waals surface area contributed by atoms with Crippen LogP contribution in [0.3, 0.4) is 0 Å². The van der Waals surface area contributed by atoms with E-state index in [9.17, 15) is 0 Å². The van der Waals surface area contributed by atoms with Gasteiger partial charge >= 0.3 is 0 Å². The van der Waals surface area contributed by atoms with E-state index in [1.165, 1.54) is 44.9 Å². The van der Waals surface area contributed by atoms with E-state index in [4.69, 9.17) is 4.74 Å². The zero-order valence-corrected chi connectivity index (χ0v) is 8.27. The molecule has 1 rings (SSSR count). The molecule has 0 spiro atoms. The van der Waals surface area contributed by atoms with Crippen molar-refractivity contribution in [1.29, 1.82) is 0 Å². The minimum Gasteiger partial charge on any atom is -0.381 e. The minimum absolute atomic E-state index is 0.944. The molecular weight excluding hydrogens is 148 g/mol. The highest BCUT2D eigenvalue weighted by Gasteiger charge is 2.13. The van der Waals surface area contributed by atoms with E-state index in [2.05, 4.69) is 6.92 Å². The Balaban J connectivity index is 1.91. The molecule has 1 heteroatoms. The summed E-state index contributed by atoms with van der Waals surface area (Å²) in [5.74, 6) is 1.65. The summed E-state index contributed by atoms with van der Waals surface area (Å²) in [6.45, 7) is 4.11. The lowest BCUT2D eigenvalue weighted by Gasteiger charge is -2.20. The van der Waals surface area contributed by atoms with Crippen LogP contribution in [-0.2, 0) is 4.74 Å². The highest BCUT2D eigenvalue weighted by molar-refractivity contribution is 4.92. The van der Waals surface area contributed by atoms with Crippen LogP contribution in [-0.4, -0.2) is 13.2 Å². The third-order valence-corrected chi connectivity index (χ3v) is 2.51. The van der Waals surface area contributed by atoms with Gasteiger partial charge in [0.1, 0.15) is 0 Å². The molecule has 0 aromatic carbocycles. The Morgan fingerprint density at radius 1 is 1.17 bits per heavy atom. The van der Waals surface area contributed by atoms with Gasteiger partial charge in [-0.25, -0.2) is 0 Å². The van der Waals surface area contributed by atoms with Crippen molar-refractivity contribution in [2.75, 3.05) is 13.2 Å². The summed E-state index contributed by atoms with van der Waals surface area (Å²) in [6, 6.07) is 0. The first-order valence-electron chi connectivity index (χ1n) is 5.35. The summed E-state index contributed by atoms with van der Waals surface area (Å²) in [6.07, 6.45) is 9.33. The summed E-state index contributed by atoms with van der Waals surface area (Å²) < 4.78 is 5.58. The SMILES string of the molecule is CCCCOC[C]1CCCCC1. The lowest BCUT2D eigenvalue weighted by atomic mass is 9.90. The fraction of sp³-hybridized carbons (Fsp3) is 0.909. The molecule has 1 radical (unpaired) electrons. The van der Waals surface area contributed by atoms with E-state index in [0.29, 0.717) is 0 Å². The second-order valence-corrected chi connectivity index (χ2v) is 3.72. The molecule has 0 bridgehead atoms. The Morgan fingerprint density at radius 3 is 2.58 bits per heavy atom. The van der Waals surface area contributed by atoms with Crippen LogP contribution < -0.4 is 0 Å². The van der Waals surface area contributed by atoms with Gasteiger partial charge in [0.15, 0.2) is 0 Å². The average molecular weight is 169 g/mol. The molecule has 0 heterocycles. The fourth-order valence-electron chi connectivity index (χ4n) is 1.66. The standard InChI is InChI=1S/C11H21O/c1-2-3-9-12-10-11-7-5-4-6-8-11/h2-10H2,1H3. The quantitative estimate of drug-likeness (QED) is 0.573. The first-order chi connectivity index (χ1) is 5.93. The average Bonchev–Trinajstić information content (AvgIpc) is 2.14. The highest BCUT2D eigenvalue weighted by atomic mass is 16.5. The van der Waals surface area contributed by atoms with Crippen LogP contribution >= 0.6 is 0 Å². The Kier molecular flexibility index (Phi) is 5.42. The Morgan fingerprint density at radius 2 is 1.92 bits per heavy atom. The number of hydrogen-bond donors (Lipinski definition) is 0. The van der Waals surface area contributed by atoms with Crippen molar-refractivity contribution in [3.8, 4) is 0 Å². The molecule has 1 fully saturated rings. The van der Waals surface area contributed by atoms with Gasteiger partial charge in [-0.05, 0) is 19.3 Å². The number of ether oxygens (including phenoxy) is 1. The van der Waals surface area contributed by atoms with Crippen molar-refractivity contribution >= 4 is 0 Å². The molecule has 1 nitrogen and oxygen atoms in total. The van der Waals surface area contributed by atoms with Crippen molar-refractivity contribution in [1.82, 2.24) is 0 Å². The number of unbranched alkanes of at least 4 members (excludes halogenated alkanes) is 1. The smallest absolute Gasteiger partial charge is 0.0528 e. The maximum absolute atomic E-state index is 5.58. The van der Waals surface area contributed by atoms with Gasteiger partial charge in [0.2, 0.25) is 0 Å². The van der Waals surface area contributed by atoms with Crippen LogP contribution in [0.1, 0.15) is 51.9 Å². The van der Waals surface area contributed by atoms with Crippen molar-refractivity contribution in [2.24, 2.45) is 0 Å². The van der Waals surface area contributed by atoms with Crippen LogP contribution in [0.15, 0.2) is 0 Å². The first-order valence-corrected chi connectivity index (χ1v) is 5.35. The van der Waals surface area contributed by atoms with Gasteiger partial charge in [0, 0.05) is 12.5 Å². The molecule has 0 aromatic heterocycles. The van der Waals surface area contributed by atoms with Crippen LogP contribution in [0.5, 0.6) is 0 Å². The van der Waals surface area contributed by atoms with Gasteiger partial charge < -0.3 is 4.74 Å². The van der Waals surface area contributed by atoms with E-state index in [0.717, 1.165) is 13.2 Å². The van der Waals surface area contributed by atoms with Crippen molar-refractivity contribution < 1.29 is 4.74 Å². The zero-order chi connectivity index (χ0) is 8.65. The minimum atomic E-state index is 0.944. The topological polar surface area (TPSA) is 9.23 Å². The van der Waals surface area contributed by atoms with Crippen LogP contribution in [0.4, 0.5) is 0 Å². The second-order valence-electron chi connectivity index (χ2n) is 3.72. The van der Waals surface area contributed by atoms with Crippen molar-refractivity contribution in [3.05, 3.63) is 5.92 Å². The molecule has 1 aliphatic carbocycles. The molecule has 0 unspecified atom stereocenters. The summed E-state index contributed by atoms with van der Waals surface area (Å²) in [4.78, 5) is 0. The van der Waals surface area contributed by atoms with Gasteiger partial charge in [-0.15, -0.1) is 0 Å². The van der Waals surface area contributed by atoms with Crippen LogP contribution in [0, 0.1) is 5.92 Å². The van der Waals surface area contributed by atoms with Crippen molar-refractivity contribution in [3.63, 3.8) is 0 Å². The van der Waals surface area contributed by atoms with Gasteiger partial charge in [-0.1, -0.05) is 32.6 Å². The molecule has 1 aliphatic rings. The van der Waals surface area contributed by atoms with E-state index >= 15 is 0 Å². The maximum atomic E-state index is 5.58. The molecule has 0 atom stereocenters. The molecular formula is C11H21O. The molecule has 0 aliphatic heterocycles. The normalized spacial score (nSPS) is 19.8. The fourth-order valence-corrected chi connectivity index (χ4v) is 1.66. The maximum Gasteiger partial charge on any atom is 0.0528 e. The Labute approximate surface area is 76.5 Å². The lowest BCUT2D eigenvalue weighted by molar-refractivity contribution is 0.132. The molecule has 71 valence electrons. The summed E-state index contributed by atoms with van der Waals surface area (Å²) >= 11 is 0. The summed E-state index contributed by atoms with van der Waals surface area (Å²) in [5.41, 5.74) is 0. The van der Waals surface area contributed by atoms with Gasteiger partial charge in [0.05, 0.1) is 6.61 Å². The molecule has 0 saturated heterocycles. The third kappa shape index (κ3) is 4.10. The second kappa shape index (κ2) is 6.47. The lowest BCUT2D eigenvalue weighted by Crippen LogP contribution is -2.11. The first kappa shape index (κ1) is 10.0. The van der Waals surface area contributed by atoms with Gasteiger partial charge in [-0.3, -0.25) is 0 Å². The predicted molar refractivity (Wildman–Crippen MR) is 52.1 cm³/mol. The highest BCUT2D eigenvalue weighted by Crippen LogP contribution is 2.25. The zero-order valence-electron chi connectivity index (χ0n) is 8.27. The Bertz CT molecular complexity index is 95.2. The van der Waals surface area contributed by atoms with Crippen LogP contribution in [0.25, 0.3) is 0 Å². The largest absolute Gasteiger partial charge is 0.381 e. The molecule has 0 amide bonds. The third-order valence-electron chi connectivity index (χ3n) is 2.51.